The molecule has 16 heavy (non-hydrogen) atoms. The van der Waals surface area contributed by atoms with Crippen molar-refractivity contribution in [2.45, 2.75) is 20.0 Å². The number of methoxy groups -OCH3 is 1. The Morgan fingerprint density at radius 2 is 2.12 bits per heavy atom. The van der Waals surface area contributed by atoms with Gasteiger partial charge in [0.15, 0.2) is 0 Å². The van der Waals surface area contributed by atoms with E-state index < -0.39 is 6.10 Å². The second-order valence-electron chi connectivity index (χ2n) is 3.82. The van der Waals surface area contributed by atoms with Crippen LogP contribution in [0.2, 0.25) is 5.02 Å². The zero-order valence-corrected chi connectivity index (χ0v) is 10.9. The van der Waals surface area contributed by atoms with E-state index in [-0.39, 0.29) is 0 Å². The van der Waals surface area contributed by atoms with Gasteiger partial charge in [0.2, 0.25) is 0 Å². The van der Waals surface area contributed by atoms with Gasteiger partial charge in [0.1, 0.15) is 5.75 Å². The van der Waals surface area contributed by atoms with Crippen molar-refractivity contribution in [2.75, 3.05) is 20.7 Å². The predicted octanol–water partition coefficient (Wildman–Crippen LogP) is 2.22. The summed E-state index contributed by atoms with van der Waals surface area (Å²) in [6.07, 6.45) is -0.614. The molecule has 4 heteroatoms. The number of hydrogen-bond donors (Lipinski definition) is 2. The Kier molecular flexibility index (Phi) is 4.59. The lowest BCUT2D eigenvalue weighted by Gasteiger charge is -2.19. The zero-order chi connectivity index (χ0) is 12.3. The molecule has 0 bridgehead atoms. The number of hydrogen-bond acceptors (Lipinski definition) is 3. The SMILES string of the molecule is CNCC(O)c1c(C)c(C)cc(Cl)c1OC. The van der Waals surface area contributed by atoms with Gasteiger partial charge >= 0.3 is 0 Å². The van der Waals surface area contributed by atoms with Gasteiger partial charge in [-0.3, -0.25) is 0 Å². The van der Waals surface area contributed by atoms with Gasteiger partial charge in [-0.2, -0.15) is 0 Å². The Balaban J connectivity index is 3.32. The molecular weight excluding hydrogens is 226 g/mol. The van der Waals surface area contributed by atoms with Crippen LogP contribution in [-0.2, 0) is 0 Å². The van der Waals surface area contributed by atoms with Crippen molar-refractivity contribution < 1.29 is 9.84 Å². The first-order valence-electron chi connectivity index (χ1n) is 5.19. The predicted molar refractivity (Wildman–Crippen MR) is 66.4 cm³/mol. The Morgan fingerprint density at radius 1 is 1.50 bits per heavy atom. The number of ether oxygens (including phenoxy) is 1. The molecule has 0 amide bonds. The topological polar surface area (TPSA) is 41.5 Å². The minimum atomic E-state index is -0.614. The van der Waals surface area contributed by atoms with Crippen LogP contribution in [0.1, 0.15) is 22.8 Å². The molecule has 0 heterocycles. The van der Waals surface area contributed by atoms with E-state index in [0.717, 1.165) is 16.7 Å². The minimum absolute atomic E-state index is 0.469. The Morgan fingerprint density at radius 3 is 2.62 bits per heavy atom. The molecule has 1 aromatic carbocycles. The lowest BCUT2D eigenvalue weighted by molar-refractivity contribution is 0.172. The summed E-state index contributed by atoms with van der Waals surface area (Å²) < 4.78 is 5.26. The van der Waals surface area contributed by atoms with E-state index in [0.29, 0.717) is 17.3 Å². The van der Waals surface area contributed by atoms with Crippen molar-refractivity contribution in [3.8, 4) is 5.75 Å². The highest BCUT2D eigenvalue weighted by atomic mass is 35.5. The summed E-state index contributed by atoms with van der Waals surface area (Å²) in [6, 6.07) is 1.85. The van der Waals surface area contributed by atoms with Crippen molar-refractivity contribution >= 4 is 11.6 Å². The molecule has 90 valence electrons. The second kappa shape index (κ2) is 5.53. The largest absolute Gasteiger partial charge is 0.495 e. The minimum Gasteiger partial charge on any atom is -0.495 e. The molecule has 0 aliphatic carbocycles. The average molecular weight is 244 g/mol. The van der Waals surface area contributed by atoms with Crippen LogP contribution in [0, 0.1) is 13.8 Å². The second-order valence-corrected chi connectivity index (χ2v) is 4.23. The van der Waals surface area contributed by atoms with Crippen molar-refractivity contribution in [3.05, 3.63) is 27.8 Å². The fraction of sp³-hybridized carbons (Fsp3) is 0.500. The number of benzene rings is 1. The maximum absolute atomic E-state index is 10.1. The molecule has 0 spiro atoms. The van der Waals surface area contributed by atoms with Crippen LogP contribution in [0.15, 0.2) is 6.07 Å². The van der Waals surface area contributed by atoms with E-state index >= 15 is 0 Å². The van der Waals surface area contributed by atoms with Crippen LogP contribution in [0.3, 0.4) is 0 Å². The molecule has 1 atom stereocenters. The number of aryl methyl sites for hydroxylation is 1. The fourth-order valence-electron chi connectivity index (χ4n) is 1.78. The van der Waals surface area contributed by atoms with Crippen LogP contribution < -0.4 is 10.1 Å². The molecule has 0 fully saturated rings. The van der Waals surface area contributed by atoms with Crippen molar-refractivity contribution in [3.63, 3.8) is 0 Å². The molecule has 0 aliphatic heterocycles. The average Bonchev–Trinajstić information content (AvgIpc) is 2.23. The van der Waals surface area contributed by atoms with Gasteiger partial charge in [-0.15, -0.1) is 0 Å². The molecule has 0 aliphatic rings. The molecule has 1 unspecified atom stereocenters. The summed E-state index contributed by atoms with van der Waals surface area (Å²) in [7, 11) is 3.36. The van der Waals surface area contributed by atoms with Crippen LogP contribution in [0.5, 0.6) is 5.75 Å². The highest BCUT2D eigenvalue weighted by Gasteiger charge is 2.19. The van der Waals surface area contributed by atoms with Crippen LogP contribution in [0.4, 0.5) is 0 Å². The van der Waals surface area contributed by atoms with Gasteiger partial charge < -0.3 is 15.2 Å². The van der Waals surface area contributed by atoms with E-state index in [4.69, 9.17) is 16.3 Å². The van der Waals surface area contributed by atoms with Crippen LogP contribution in [-0.4, -0.2) is 25.8 Å². The molecule has 0 saturated heterocycles. The summed E-state index contributed by atoms with van der Waals surface area (Å²) in [4.78, 5) is 0. The first-order valence-corrected chi connectivity index (χ1v) is 5.57. The number of halogens is 1. The highest BCUT2D eigenvalue weighted by molar-refractivity contribution is 6.32. The standard InChI is InChI=1S/C12H18ClNO2/c1-7-5-9(13)12(16-4)11(8(7)2)10(15)6-14-3/h5,10,14-15H,6H2,1-4H3. The van der Waals surface area contributed by atoms with Gasteiger partial charge in [0.25, 0.3) is 0 Å². The van der Waals surface area contributed by atoms with Crippen LogP contribution in [0.25, 0.3) is 0 Å². The highest BCUT2D eigenvalue weighted by Crippen LogP contribution is 2.36. The maximum Gasteiger partial charge on any atom is 0.143 e. The smallest absolute Gasteiger partial charge is 0.143 e. The monoisotopic (exact) mass is 243 g/mol. The van der Waals surface area contributed by atoms with E-state index in [9.17, 15) is 5.11 Å². The number of likely N-dealkylation sites (N-methyl/N-ethyl adjacent to an activating group) is 1. The summed E-state index contributed by atoms with van der Waals surface area (Å²) >= 11 is 6.09. The molecule has 1 aromatic rings. The van der Waals surface area contributed by atoms with E-state index in [1.54, 1.807) is 14.2 Å². The van der Waals surface area contributed by atoms with Gasteiger partial charge in [-0.25, -0.2) is 0 Å². The van der Waals surface area contributed by atoms with Gasteiger partial charge in [-0.05, 0) is 38.1 Å². The summed E-state index contributed by atoms with van der Waals surface area (Å²) in [5.41, 5.74) is 2.84. The Hall–Kier alpha value is -0.770. The van der Waals surface area contributed by atoms with Crippen molar-refractivity contribution in [1.29, 1.82) is 0 Å². The maximum atomic E-state index is 10.1. The lowest BCUT2D eigenvalue weighted by atomic mass is 9.97. The summed E-state index contributed by atoms with van der Waals surface area (Å²) in [5, 5.41) is 13.5. The van der Waals surface area contributed by atoms with E-state index in [1.807, 2.05) is 19.9 Å². The third kappa shape index (κ3) is 2.48. The van der Waals surface area contributed by atoms with Crippen LogP contribution >= 0.6 is 11.6 Å². The molecule has 1 rings (SSSR count). The number of rotatable bonds is 4. The first kappa shape index (κ1) is 13.3. The van der Waals surface area contributed by atoms with Gasteiger partial charge in [-0.1, -0.05) is 11.6 Å². The fourth-order valence-corrected chi connectivity index (χ4v) is 2.12. The molecule has 2 N–H and O–H groups in total. The molecule has 0 aromatic heterocycles. The summed E-state index contributed by atoms with van der Waals surface area (Å²) in [6.45, 7) is 4.40. The number of nitrogens with one attached hydrogen (secondary N) is 1. The first-order chi connectivity index (χ1) is 7.52. The van der Waals surface area contributed by atoms with Gasteiger partial charge in [0, 0.05) is 12.1 Å². The number of aliphatic hydroxyl groups is 1. The van der Waals surface area contributed by atoms with Gasteiger partial charge in [0.05, 0.1) is 18.2 Å². The normalized spacial score (nSPS) is 12.6. The van der Waals surface area contributed by atoms with Crippen molar-refractivity contribution in [2.24, 2.45) is 0 Å². The summed E-state index contributed by atoms with van der Waals surface area (Å²) in [5.74, 6) is 0.563. The quantitative estimate of drug-likeness (QED) is 0.852. The van der Waals surface area contributed by atoms with Crippen molar-refractivity contribution in [1.82, 2.24) is 5.32 Å². The zero-order valence-electron chi connectivity index (χ0n) is 10.1. The third-order valence-corrected chi connectivity index (χ3v) is 3.02. The van der Waals surface area contributed by atoms with E-state index in [2.05, 4.69) is 5.32 Å². The van der Waals surface area contributed by atoms with E-state index in [1.165, 1.54) is 0 Å². The Bertz CT molecular complexity index is 380. The molecular formula is C12H18ClNO2. The number of aliphatic hydroxyl groups excluding tert-OH is 1. The molecule has 0 radical (unpaired) electrons. The lowest BCUT2D eigenvalue weighted by Crippen LogP contribution is -2.18. The molecule has 3 nitrogen and oxygen atoms in total. The Labute approximate surface area is 101 Å². The molecule has 0 saturated carbocycles. The third-order valence-electron chi connectivity index (χ3n) is 2.74.